The molecule has 18 heavy (non-hydrogen) atoms. The lowest BCUT2D eigenvalue weighted by molar-refractivity contribution is 0.182. The van der Waals surface area contributed by atoms with Gasteiger partial charge >= 0.3 is 0 Å². The van der Waals surface area contributed by atoms with Crippen LogP contribution >= 0.6 is 0 Å². The van der Waals surface area contributed by atoms with Crippen molar-refractivity contribution in [2.75, 3.05) is 31.4 Å². The van der Waals surface area contributed by atoms with Crippen molar-refractivity contribution in [3.63, 3.8) is 0 Å². The second-order valence-corrected chi connectivity index (χ2v) is 4.11. The molecule has 0 aliphatic rings. The number of rotatable bonds is 8. The number of nitrogens with one attached hydrogen (secondary N) is 1. The van der Waals surface area contributed by atoms with Crippen molar-refractivity contribution in [1.29, 1.82) is 0 Å². The standard InChI is InChI=1S/C13H23N3O2/c1-4-6-10(9-17-3)15-12-8-7-11(14)13(16-12)18-5-2/h7-8,10H,4-6,9,14H2,1-3H3,(H,15,16). The van der Waals surface area contributed by atoms with Gasteiger partial charge in [-0.25, -0.2) is 0 Å². The lowest BCUT2D eigenvalue weighted by atomic mass is 10.2. The number of ether oxygens (including phenoxy) is 2. The zero-order valence-corrected chi connectivity index (χ0v) is 11.4. The number of methoxy groups -OCH3 is 1. The highest BCUT2D eigenvalue weighted by Gasteiger charge is 2.10. The predicted molar refractivity (Wildman–Crippen MR) is 74.0 cm³/mol. The Hall–Kier alpha value is -1.49. The van der Waals surface area contributed by atoms with E-state index in [4.69, 9.17) is 15.2 Å². The third-order valence-electron chi connectivity index (χ3n) is 2.53. The van der Waals surface area contributed by atoms with Gasteiger partial charge in [0.1, 0.15) is 5.82 Å². The topological polar surface area (TPSA) is 69.4 Å². The van der Waals surface area contributed by atoms with Crippen LogP contribution in [0.15, 0.2) is 12.1 Å². The van der Waals surface area contributed by atoms with Gasteiger partial charge < -0.3 is 20.5 Å². The summed E-state index contributed by atoms with van der Waals surface area (Å²) in [6.07, 6.45) is 2.12. The maximum atomic E-state index is 5.78. The van der Waals surface area contributed by atoms with Crippen LogP contribution < -0.4 is 15.8 Å². The third kappa shape index (κ3) is 4.41. The molecule has 0 aromatic carbocycles. The minimum atomic E-state index is 0.255. The van der Waals surface area contributed by atoms with Crippen LogP contribution in [0.2, 0.25) is 0 Å². The molecule has 1 rings (SSSR count). The van der Waals surface area contributed by atoms with Crippen LogP contribution in [-0.2, 0) is 4.74 Å². The number of pyridine rings is 1. The zero-order chi connectivity index (χ0) is 13.4. The highest BCUT2D eigenvalue weighted by molar-refractivity contribution is 5.53. The van der Waals surface area contributed by atoms with E-state index in [1.54, 1.807) is 13.2 Å². The van der Waals surface area contributed by atoms with Crippen LogP contribution in [0.4, 0.5) is 11.5 Å². The maximum Gasteiger partial charge on any atom is 0.239 e. The normalized spacial score (nSPS) is 12.2. The van der Waals surface area contributed by atoms with Gasteiger partial charge in [0, 0.05) is 7.11 Å². The highest BCUT2D eigenvalue weighted by Crippen LogP contribution is 2.21. The van der Waals surface area contributed by atoms with Gasteiger partial charge in [0.15, 0.2) is 0 Å². The Bertz CT molecular complexity index is 352. The fourth-order valence-electron chi connectivity index (χ4n) is 1.74. The van der Waals surface area contributed by atoms with Crippen LogP contribution in [0.3, 0.4) is 0 Å². The first kappa shape index (κ1) is 14.6. The SMILES string of the molecule is CCCC(COC)Nc1ccc(N)c(OCC)n1. The van der Waals surface area contributed by atoms with Crippen LogP contribution in [0.5, 0.6) is 5.88 Å². The van der Waals surface area contributed by atoms with Gasteiger partial charge in [-0.3, -0.25) is 0 Å². The summed E-state index contributed by atoms with van der Waals surface area (Å²) in [5, 5.41) is 3.34. The molecule has 1 unspecified atom stereocenters. The summed E-state index contributed by atoms with van der Waals surface area (Å²) in [5.41, 5.74) is 6.34. The Kier molecular flexibility index (Phi) is 6.28. The quantitative estimate of drug-likeness (QED) is 0.744. The molecule has 0 spiro atoms. The summed E-state index contributed by atoms with van der Waals surface area (Å²) in [5.74, 6) is 1.25. The van der Waals surface area contributed by atoms with E-state index in [1.165, 1.54) is 0 Å². The fourth-order valence-corrected chi connectivity index (χ4v) is 1.74. The average molecular weight is 253 g/mol. The molecule has 5 nitrogen and oxygen atoms in total. The third-order valence-corrected chi connectivity index (χ3v) is 2.53. The minimum Gasteiger partial charge on any atom is -0.476 e. The summed E-state index contributed by atoms with van der Waals surface area (Å²) < 4.78 is 10.6. The first-order valence-corrected chi connectivity index (χ1v) is 6.36. The molecule has 1 aromatic rings. The summed E-state index contributed by atoms with van der Waals surface area (Å²) >= 11 is 0. The Morgan fingerprint density at radius 2 is 2.17 bits per heavy atom. The summed E-state index contributed by atoms with van der Waals surface area (Å²) in [4.78, 5) is 4.35. The average Bonchev–Trinajstić information content (AvgIpc) is 2.34. The summed E-state index contributed by atoms with van der Waals surface area (Å²) in [6, 6.07) is 3.91. The molecular weight excluding hydrogens is 230 g/mol. The first-order chi connectivity index (χ1) is 8.71. The van der Waals surface area contributed by atoms with E-state index in [0.717, 1.165) is 18.7 Å². The molecule has 0 bridgehead atoms. The molecule has 1 atom stereocenters. The van der Waals surface area contributed by atoms with Gasteiger partial charge in [0.2, 0.25) is 5.88 Å². The van der Waals surface area contributed by atoms with E-state index >= 15 is 0 Å². The lowest BCUT2D eigenvalue weighted by Gasteiger charge is -2.18. The molecule has 5 heteroatoms. The molecule has 0 aliphatic heterocycles. The largest absolute Gasteiger partial charge is 0.476 e. The van der Waals surface area contributed by atoms with E-state index in [-0.39, 0.29) is 6.04 Å². The lowest BCUT2D eigenvalue weighted by Crippen LogP contribution is -2.25. The van der Waals surface area contributed by atoms with Crippen molar-refractivity contribution >= 4 is 11.5 Å². The van der Waals surface area contributed by atoms with Crippen molar-refractivity contribution < 1.29 is 9.47 Å². The second kappa shape index (κ2) is 7.76. The number of nitrogens with zero attached hydrogens (tertiary/aromatic N) is 1. The summed E-state index contributed by atoms with van der Waals surface area (Å²) in [6.45, 7) is 5.26. The van der Waals surface area contributed by atoms with Crippen LogP contribution in [-0.4, -0.2) is 31.3 Å². The van der Waals surface area contributed by atoms with Crippen LogP contribution in [0.1, 0.15) is 26.7 Å². The Morgan fingerprint density at radius 3 is 2.78 bits per heavy atom. The Balaban J connectivity index is 2.72. The molecule has 0 radical (unpaired) electrons. The molecule has 1 heterocycles. The summed E-state index contributed by atoms with van der Waals surface area (Å²) in [7, 11) is 1.70. The number of aromatic nitrogens is 1. The highest BCUT2D eigenvalue weighted by atomic mass is 16.5. The number of anilines is 2. The van der Waals surface area contributed by atoms with E-state index < -0.39 is 0 Å². The number of nitrogen functional groups attached to an aromatic ring is 1. The molecule has 3 N–H and O–H groups in total. The molecule has 0 aliphatic carbocycles. The molecule has 0 fully saturated rings. The van der Waals surface area contributed by atoms with Crippen molar-refractivity contribution in [3.8, 4) is 5.88 Å². The number of nitrogens with two attached hydrogens (primary N) is 1. The smallest absolute Gasteiger partial charge is 0.239 e. The Labute approximate surface area is 109 Å². The zero-order valence-electron chi connectivity index (χ0n) is 11.4. The molecule has 102 valence electrons. The monoisotopic (exact) mass is 253 g/mol. The molecule has 1 aromatic heterocycles. The van der Waals surface area contributed by atoms with Gasteiger partial charge in [-0.05, 0) is 25.5 Å². The van der Waals surface area contributed by atoms with Crippen LogP contribution in [0.25, 0.3) is 0 Å². The maximum absolute atomic E-state index is 5.78. The van der Waals surface area contributed by atoms with Gasteiger partial charge in [-0.1, -0.05) is 13.3 Å². The second-order valence-electron chi connectivity index (χ2n) is 4.11. The predicted octanol–water partition coefficient (Wildman–Crippen LogP) is 2.29. The van der Waals surface area contributed by atoms with Gasteiger partial charge in [0.05, 0.1) is 24.9 Å². The van der Waals surface area contributed by atoms with Gasteiger partial charge in [-0.15, -0.1) is 0 Å². The number of hydrogen-bond acceptors (Lipinski definition) is 5. The van der Waals surface area contributed by atoms with Crippen molar-refractivity contribution in [3.05, 3.63) is 12.1 Å². The van der Waals surface area contributed by atoms with Crippen molar-refractivity contribution in [2.45, 2.75) is 32.7 Å². The van der Waals surface area contributed by atoms with E-state index in [2.05, 4.69) is 17.2 Å². The van der Waals surface area contributed by atoms with Crippen molar-refractivity contribution in [2.24, 2.45) is 0 Å². The molecule has 0 amide bonds. The number of hydrogen-bond donors (Lipinski definition) is 2. The molecule has 0 saturated heterocycles. The minimum absolute atomic E-state index is 0.255. The van der Waals surface area contributed by atoms with E-state index in [0.29, 0.717) is 24.8 Å². The Morgan fingerprint density at radius 1 is 1.39 bits per heavy atom. The fraction of sp³-hybridized carbons (Fsp3) is 0.615. The van der Waals surface area contributed by atoms with Gasteiger partial charge in [-0.2, -0.15) is 4.98 Å². The van der Waals surface area contributed by atoms with E-state index in [1.807, 2.05) is 13.0 Å². The van der Waals surface area contributed by atoms with Gasteiger partial charge in [0.25, 0.3) is 0 Å². The van der Waals surface area contributed by atoms with E-state index in [9.17, 15) is 0 Å². The molecular formula is C13H23N3O2. The molecule has 0 saturated carbocycles. The first-order valence-electron chi connectivity index (χ1n) is 6.36. The van der Waals surface area contributed by atoms with Crippen LogP contribution in [0, 0.1) is 0 Å². The van der Waals surface area contributed by atoms with Crippen molar-refractivity contribution in [1.82, 2.24) is 4.98 Å².